The summed E-state index contributed by atoms with van der Waals surface area (Å²) in [5.74, 6) is 0.791. The monoisotopic (exact) mass is 431 g/mol. The number of aromatic amines is 1. The Hall–Kier alpha value is -2.42. The number of imidazole rings is 1. The van der Waals surface area contributed by atoms with Crippen molar-refractivity contribution in [1.82, 2.24) is 24.4 Å². The predicted octanol–water partition coefficient (Wildman–Crippen LogP) is 2.02. The van der Waals surface area contributed by atoms with E-state index < -0.39 is 5.41 Å². The summed E-state index contributed by atoms with van der Waals surface area (Å²) in [5, 5.41) is 2.89. The Kier molecular flexibility index (Phi) is 5.81. The van der Waals surface area contributed by atoms with Gasteiger partial charge in [-0.1, -0.05) is 20.3 Å². The van der Waals surface area contributed by atoms with E-state index in [4.69, 9.17) is 9.72 Å². The molecule has 2 bridgehead atoms. The van der Waals surface area contributed by atoms with Gasteiger partial charge in [-0.3, -0.25) is 18.7 Å². The molecule has 2 heterocycles. The van der Waals surface area contributed by atoms with Crippen molar-refractivity contribution < 1.29 is 9.53 Å². The van der Waals surface area contributed by atoms with Crippen molar-refractivity contribution in [1.29, 1.82) is 0 Å². The molecule has 9 nitrogen and oxygen atoms in total. The zero-order valence-electron chi connectivity index (χ0n) is 18.8. The van der Waals surface area contributed by atoms with Crippen LogP contribution in [-0.4, -0.2) is 38.8 Å². The minimum Gasteiger partial charge on any atom is -0.364 e. The molecule has 0 spiro atoms. The van der Waals surface area contributed by atoms with Gasteiger partial charge in [0.15, 0.2) is 5.65 Å². The number of amides is 1. The molecule has 9 heteroatoms. The van der Waals surface area contributed by atoms with E-state index in [1.807, 2.05) is 13.8 Å². The molecule has 0 radical (unpaired) electrons. The van der Waals surface area contributed by atoms with Crippen molar-refractivity contribution in [2.75, 3.05) is 13.8 Å². The first-order valence-corrected chi connectivity index (χ1v) is 11.4. The number of H-pyrrole nitrogens is 1. The minimum absolute atomic E-state index is 0.0419. The van der Waals surface area contributed by atoms with Gasteiger partial charge in [0.25, 0.3) is 5.56 Å². The molecule has 2 aromatic heterocycles. The summed E-state index contributed by atoms with van der Waals surface area (Å²) in [6, 6.07) is 0. The zero-order valence-corrected chi connectivity index (χ0v) is 18.8. The highest BCUT2D eigenvalue weighted by atomic mass is 16.5. The second-order valence-corrected chi connectivity index (χ2v) is 9.20. The molecule has 2 atom stereocenters. The molecule has 0 aliphatic heterocycles. The minimum atomic E-state index is -0.415. The molecule has 2 aliphatic carbocycles. The lowest BCUT2D eigenvalue weighted by Gasteiger charge is -2.37. The summed E-state index contributed by atoms with van der Waals surface area (Å²) < 4.78 is 7.97. The SMILES string of the molecule is CCCn1c(=O)c2[nH]c(C34CCCC(C(=O)NCOC)(CC3)C4)nc2n(CCC)c1=O. The van der Waals surface area contributed by atoms with E-state index in [2.05, 4.69) is 10.3 Å². The molecule has 31 heavy (non-hydrogen) atoms. The van der Waals surface area contributed by atoms with E-state index in [1.165, 1.54) is 4.57 Å². The summed E-state index contributed by atoms with van der Waals surface area (Å²) in [5.41, 5.74) is -0.432. The molecular weight excluding hydrogens is 398 g/mol. The molecule has 4 rings (SSSR count). The molecule has 1 amide bonds. The molecular formula is C22H33N5O4. The fourth-order valence-electron chi connectivity index (χ4n) is 5.71. The van der Waals surface area contributed by atoms with Crippen LogP contribution in [0.15, 0.2) is 9.59 Å². The fraction of sp³-hybridized carbons (Fsp3) is 0.727. The van der Waals surface area contributed by atoms with E-state index in [9.17, 15) is 14.4 Å². The van der Waals surface area contributed by atoms with Crippen LogP contribution < -0.4 is 16.6 Å². The van der Waals surface area contributed by atoms with Gasteiger partial charge in [-0.05, 0) is 44.9 Å². The molecule has 0 saturated heterocycles. The van der Waals surface area contributed by atoms with Crippen LogP contribution in [0, 0.1) is 5.41 Å². The van der Waals surface area contributed by atoms with Crippen LogP contribution in [0.3, 0.4) is 0 Å². The molecule has 170 valence electrons. The van der Waals surface area contributed by atoms with Gasteiger partial charge in [-0.25, -0.2) is 9.78 Å². The van der Waals surface area contributed by atoms with Crippen molar-refractivity contribution in [3.05, 3.63) is 26.7 Å². The van der Waals surface area contributed by atoms with Crippen LogP contribution in [0.2, 0.25) is 0 Å². The summed E-state index contributed by atoms with van der Waals surface area (Å²) in [4.78, 5) is 47.1. The quantitative estimate of drug-likeness (QED) is 0.621. The number of ether oxygens (including phenoxy) is 1. The van der Waals surface area contributed by atoms with Gasteiger partial charge in [0, 0.05) is 25.6 Å². The maximum absolute atomic E-state index is 13.1. The first-order chi connectivity index (χ1) is 14.9. The molecule has 2 aromatic rings. The Balaban J connectivity index is 1.79. The summed E-state index contributed by atoms with van der Waals surface area (Å²) in [6.45, 7) is 5.06. The van der Waals surface area contributed by atoms with Gasteiger partial charge >= 0.3 is 5.69 Å². The number of hydrogen-bond donors (Lipinski definition) is 2. The van der Waals surface area contributed by atoms with Crippen LogP contribution in [0.25, 0.3) is 11.2 Å². The summed E-state index contributed by atoms with van der Waals surface area (Å²) >= 11 is 0. The van der Waals surface area contributed by atoms with Crippen LogP contribution in [0.4, 0.5) is 0 Å². The third-order valence-corrected chi connectivity index (χ3v) is 7.19. The van der Waals surface area contributed by atoms with Crippen molar-refractivity contribution in [3.63, 3.8) is 0 Å². The van der Waals surface area contributed by atoms with Gasteiger partial charge in [-0.2, -0.15) is 0 Å². The highest BCUT2D eigenvalue weighted by molar-refractivity contribution is 5.83. The van der Waals surface area contributed by atoms with E-state index >= 15 is 0 Å². The number of hydrogen-bond acceptors (Lipinski definition) is 5. The van der Waals surface area contributed by atoms with Gasteiger partial charge < -0.3 is 15.0 Å². The number of carbonyl (C=O) groups is 1. The third-order valence-electron chi connectivity index (χ3n) is 7.19. The maximum atomic E-state index is 13.1. The second kappa shape index (κ2) is 8.26. The number of aromatic nitrogens is 4. The number of methoxy groups -OCH3 is 1. The van der Waals surface area contributed by atoms with E-state index in [0.717, 1.165) is 44.3 Å². The summed E-state index contributed by atoms with van der Waals surface area (Å²) in [7, 11) is 1.56. The smallest absolute Gasteiger partial charge is 0.332 e. The highest BCUT2D eigenvalue weighted by Crippen LogP contribution is 2.59. The predicted molar refractivity (Wildman–Crippen MR) is 117 cm³/mol. The second-order valence-electron chi connectivity index (χ2n) is 9.20. The molecule has 2 saturated carbocycles. The van der Waals surface area contributed by atoms with Crippen LogP contribution in [0.5, 0.6) is 0 Å². The third kappa shape index (κ3) is 3.43. The van der Waals surface area contributed by atoms with E-state index in [1.54, 1.807) is 11.7 Å². The van der Waals surface area contributed by atoms with Gasteiger partial charge in [0.2, 0.25) is 5.91 Å². The van der Waals surface area contributed by atoms with E-state index in [-0.39, 0.29) is 29.3 Å². The first-order valence-electron chi connectivity index (χ1n) is 11.4. The average Bonchev–Trinajstić information content (AvgIpc) is 3.33. The van der Waals surface area contributed by atoms with Gasteiger partial charge in [0.05, 0.1) is 5.41 Å². The van der Waals surface area contributed by atoms with Crippen molar-refractivity contribution in [2.45, 2.75) is 83.7 Å². The van der Waals surface area contributed by atoms with Crippen LogP contribution >= 0.6 is 0 Å². The van der Waals surface area contributed by atoms with Gasteiger partial charge in [-0.15, -0.1) is 0 Å². The average molecular weight is 432 g/mol. The fourth-order valence-corrected chi connectivity index (χ4v) is 5.71. The van der Waals surface area contributed by atoms with Gasteiger partial charge in [0.1, 0.15) is 18.1 Å². The Bertz CT molecular complexity index is 1100. The Morgan fingerprint density at radius 2 is 1.87 bits per heavy atom. The van der Waals surface area contributed by atoms with Crippen LogP contribution in [0.1, 0.15) is 71.0 Å². The molecule has 0 aromatic carbocycles. The lowest BCUT2D eigenvalue weighted by molar-refractivity contribution is -0.133. The Morgan fingerprint density at radius 1 is 1.13 bits per heavy atom. The van der Waals surface area contributed by atoms with Crippen molar-refractivity contribution >= 4 is 17.1 Å². The lowest BCUT2D eigenvalue weighted by atomic mass is 9.68. The molecule has 2 aliphatic rings. The summed E-state index contributed by atoms with van der Waals surface area (Å²) in [6.07, 6.45) is 6.53. The maximum Gasteiger partial charge on any atom is 0.332 e. The number of fused-ring (bicyclic) bond motifs is 3. The van der Waals surface area contributed by atoms with Crippen LogP contribution in [-0.2, 0) is 28.0 Å². The number of nitrogens with one attached hydrogen (secondary N) is 2. The normalized spacial score (nSPS) is 25.3. The topological polar surface area (TPSA) is 111 Å². The molecule has 2 N–H and O–H groups in total. The largest absolute Gasteiger partial charge is 0.364 e. The van der Waals surface area contributed by atoms with E-state index in [0.29, 0.717) is 37.1 Å². The number of nitrogens with zero attached hydrogens (tertiary/aromatic N) is 3. The zero-order chi connectivity index (χ0) is 22.2. The highest BCUT2D eigenvalue weighted by Gasteiger charge is 2.56. The number of aryl methyl sites for hydroxylation is 1. The van der Waals surface area contributed by atoms with Crippen molar-refractivity contribution in [3.8, 4) is 0 Å². The number of rotatable bonds is 8. The Morgan fingerprint density at radius 3 is 2.58 bits per heavy atom. The molecule has 2 fully saturated rings. The number of carbonyl (C=O) groups excluding carboxylic acids is 1. The molecule has 2 unspecified atom stereocenters. The first kappa shape index (κ1) is 21.8. The van der Waals surface area contributed by atoms with Crippen molar-refractivity contribution in [2.24, 2.45) is 5.41 Å². The Labute approximate surface area is 181 Å². The lowest BCUT2D eigenvalue weighted by Crippen LogP contribution is -2.43. The standard InChI is InChI=1S/C22H33N5O4/c1-4-11-26-16-15(17(28)27(12-5-2)20(26)30)24-18(25-16)21-7-6-8-22(13-21,10-9-21)19(29)23-14-31-3/h4-14H2,1-3H3,(H,23,29)(H,24,25).